The first-order valence-corrected chi connectivity index (χ1v) is 6.41. The number of likely N-dealkylation sites (N-methyl/N-ethyl adjacent to an activating group) is 1. The Morgan fingerprint density at radius 3 is 3.00 bits per heavy atom. The summed E-state index contributed by atoms with van der Waals surface area (Å²) in [4.78, 5) is 4.41. The number of benzene rings is 1. The summed E-state index contributed by atoms with van der Waals surface area (Å²) < 4.78 is 7.31. The van der Waals surface area contributed by atoms with E-state index in [0.29, 0.717) is 6.04 Å². The Balaban J connectivity index is 2.02. The van der Waals surface area contributed by atoms with Gasteiger partial charge in [-0.05, 0) is 32.0 Å². The third-order valence-electron chi connectivity index (χ3n) is 3.25. The number of ether oxygens (including phenoxy) is 1. The summed E-state index contributed by atoms with van der Waals surface area (Å²) in [5.41, 5.74) is 2.26. The van der Waals surface area contributed by atoms with Crippen molar-refractivity contribution in [1.29, 1.82) is 0 Å². The third kappa shape index (κ3) is 3.09. The molecule has 1 heterocycles. The summed E-state index contributed by atoms with van der Waals surface area (Å²) in [6.45, 7) is 1.77. The lowest BCUT2D eigenvalue weighted by molar-refractivity contribution is 0.188. The number of para-hydroxylation sites is 2. The van der Waals surface area contributed by atoms with Crippen molar-refractivity contribution in [3.05, 3.63) is 30.6 Å². The monoisotopic (exact) mass is 247 g/mol. The topological polar surface area (TPSA) is 39.1 Å². The summed E-state index contributed by atoms with van der Waals surface area (Å²) in [5.74, 6) is 0. The van der Waals surface area contributed by atoms with Gasteiger partial charge in [-0.2, -0.15) is 0 Å². The number of fused-ring (bicyclic) bond motifs is 1. The summed E-state index contributed by atoms with van der Waals surface area (Å²) in [6.07, 6.45) is 4.11. The average molecular weight is 247 g/mol. The number of imidazole rings is 1. The summed E-state index contributed by atoms with van der Waals surface area (Å²) in [6, 6.07) is 8.70. The number of nitrogens with one attached hydrogen (secondary N) is 1. The molecule has 1 atom stereocenters. The maximum atomic E-state index is 5.10. The van der Waals surface area contributed by atoms with Crippen molar-refractivity contribution >= 4 is 11.0 Å². The van der Waals surface area contributed by atoms with Crippen molar-refractivity contribution in [3.8, 4) is 0 Å². The van der Waals surface area contributed by atoms with E-state index in [1.807, 2.05) is 25.5 Å². The van der Waals surface area contributed by atoms with Crippen molar-refractivity contribution < 1.29 is 4.74 Å². The Labute approximate surface area is 108 Å². The van der Waals surface area contributed by atoms with Gasteiger partial charge in [0.1, 0.15) is 0 Å². The zero-order chi connectivity index (χ0) is 12.8. The molecule has 0 bridgehead atoms. The first-order chi connectivity index (χ1) is 8.85. The van der Waals surface area contributed by atoms with Gasteiger partial charge in [0.15, 0.2) is 0 Å². The Bertz CT molecular complexity index is 481. The average Bonchev–Trinajstić information content (AvgIpc) is 2.81. The smallest absolute Gasteiger partial charge is 0.0958 e. The molecule has 0 aliphatic rings. The highest BCUT2D eigenvalue weighted by molar-refractivity contribution is 5.74. The van der Waals surface area contributed by atoms with Gasteiger partial charge in [-0.25, -0.2) is 4.98 Å². The van der Waals surface area contributed by atoms with Crippen LogP contribution in [0.15, 0.2) is 30.6 Å². The van der Waals surface area contributed by atoms with E-state index >= 15 is 0 Å². The molecule has 0 aliphatic heterocycles. The molecule has 0 aliphatic carbocycles. The number of rotatable bonds is 7. The van der Waals surface area contributed by atoms with Gasteiger partial charge in [-0.15, -0.1) is 0 Å². The molecular formula is C14H21N3O. The largest absolute Gasteiger partial charge is 0.385 e. The normalized spacial score (nSPS) is 13.0. The lowest BCUT2D eigenvalue weighted by Crippen LogP contribution is -2.30. The molecule has 18 heavy (non-hydrogen) atoms. The number of methoxy groups -OCH3 is 1. The number of aromatic nitrogens is 2. The van der Waals surface area contributed by atoms with Crippen molar-refractivity contribution in [3.63, 3.8) is 0 Å². The molecule has 1 N–H and O–H groups in total. The van der Waals surface area contributed by atoms with Crippen LogP contribution in [0.5, 0.6) is 0 Å². The molecule has 2 aromatic rings. The Hall–Kier alpha value is -1.39. The maximum Gasteiger partial charge on any atom is 0.0958 e. The Kier molecular flexibility index (Phi) is 4.73. The molecular weight excluding hydrogens is 226 g/mol. The van der Waals surface area contributed by atoms with Crippen LogP contribution in [0.2, 0.25) is 0 Å². The molecule has 1 aromatic heterocycles. The SMILES string of the molecule is CNC(CCCOC)Cn1cnc2ccccc21. The summed E-state index contributed by atoms with van der Waals surface area (Å²) in [7, 11) is 3.76. The highest BCUT2D eigenvalue weighted by atomic mass is 16.5. The lowest BCUT2D eigenvalue weighted by Gasteiger charge is -2.17. The minimum atomic E-state index is 0.456. The number of nitrogens with zero attached hydrogens (tertiary/aromatic N) is 2. The first-order valence-electron chi connectivity index (χ1n) is 6.41. The van der Waals surface area contributed by atoms with Crippen LogP contribution in [-0.2, 0) is 11.3 Å². The van der Waals surface area contributed by atoms with E-state index in [0.717, 1.165) is 31.5 Å². The zero-order valence-corrected chi connectivity index (χ0v) is 11.1. The second-order valence-electron chi connectivity index (χ2n) is 4.51. The molecule has 4 heteroatoms. The van der Waals surface area contributed by atoms with Gasteiger partial charge in [0.25, 0.3) is 0 Å². The molecule has 0 saturated heterocycles. The standard InChI is InChI=1S/C14H21N3O/c1-15-12(6-5-9-18-2)10-17-11-16-13-7-3-4-8-14(13)17/h3-4,7-8,11-12,15H,5-6,9-10H2,1-2H3. The molecule has 1 aromatic carbocycles. The lowest BCUT2D eigenvalue weighted by atomic mass is 10.1. The molecule has 4 nitrogen and oxygen atoms in total. The van der Waals surface area contributed by atoms with Crippen LogP contribution in [0.3, 0.4) is 0 Å². The van der Waals surface area contributed by atoms with E-state index < -0.39 is 0 Å². The molecule has 0 fully saturated rings. The fourth-order valence-corrected chi connectivity index (χ4v) is 2.19. The number of hydrogen-bond acceptors (Lipinski definition) is 3. The van der Waals surface area contributed by atoms with Gasteiger partial charge in [0, 0.05) is 26.3 Å². The predicted molar refractivity (Wildman–Crippen MR) is 73.7 cm³/mol. The van der Waals surface area contributed by atoms with Crippen molar-refractivity contribution in [2.24, 2.45) is 0 Å². The second kappa shape index (κ2) is 6.52. The first kappa shape index (κ1) is 13.1. The summed E-state index contributed by atoms with van der Waals surface area (Å²) in [5, 5.41) is 3.36. The van der Waals surface area contributed by atoms with Crippen LogP contribution in [0, 0.1) is 0 Å². The molecule has 2 rings (SSSR count). The fourth-order valence-electron chi connectivity index (χ4n) is 2.19. The molecule has 1 unspecified atom stereocenters. The summed E-state index contributed by atoms with van der Waals surface area (Å²) >= 11 is 0. The van der Waals surface area contributed by atoms with Gasteiger partial charge in [-0.1, -0.05) is 12.1 Å². The van der Waals surface area contributed by atoms with Crippen molar-refractivity contribution in [1.82, 2.24) is 14.9 Å². The van der Waals surface area contributed by atoms with E-state index in [9.17, 15) is 0 Å². The molecule has 98 valence electrons. The van der Waals surface area contributed by atoms with Gasteiger partial charge < -0.3 is 14.6 Å². The maximum absolute atomic E-state index is 5.10. The molecule has 0 spiro atoms. The van der Waals surface area contributed by atoms with Crippen LogP contribution in [0.25, 0.3) is 11.0 Å². The van der Waals surface area contributed by atoms with Gasteiger partial charge >= 0.3 is 0 Å². The molecule has 0 saturated carbocycles. The highest BCUT2D eigenvalue weighted by Crippen LogP contribution is 2.13. The van der Waals surface area contributed by atoms with Crippen molar-refractivity contribution in [2.45, 2.75) is 25.4 Å². The minimum absolute atomic E-state index is 0.456. The Morgan fingerprint density at radius 2 is 2.22 bits per heavy atom. The molecule has 0 amide bonds. The van der Waals surface area contributed by atoms with E-state index in [2.05, 4.69) is 27.0 Å². The minimum Gasteiger partial charge on any atom is -0.385 e. The molecule has 0 radical (unpaired) electrons. The van der Waals surface area contributed by atoms with Crippen LogP contribution in [-0.4, -0.2) is 36.4 Å². The van der Waals surface area contributed by atoms with E-state index in [1.54, 1.807) is 7.11 Å². The van der Waals surface area contributed by atoms with Crippen molar-refractivity contribution in [2.75, 3.05) is 20.8 Å². The van der Waals surface area contributed by atoms with Crippen LogP contribution in [0.1, 0.15) is 12.8 Å². The highest BCUT2D eigenvalue weighted by Gasteiger charge is 2.09. The van der Waals surface area contributed by atoms with Crippen LogP contribution >= 0.6 is 0 Å². The third-order valence-corrected chi connectivity index (χ3v) is 3.25. The van der Waals surface area contributed by atoms with Gasteiger partial charge in [-0.3, -0.25) is 0 Å². The van der Waals surface area contributed by atoms with E-state index in [4.69, 9.17) is 4.74 Å². The quantitative estimate of drug-likeness (QED) is 0.761. The van der Waals surface area contributed by atoms with E-state index in [1.165, 1.54) is 5.52 Å². The van der Waals surface area contributed by atoms with E-state index in [-0.39, 0.29) is 0 Å². The zero-order valence-electron chi connectivity index (χ0n) is 11.1. The second-order valence-corrected chi connectivity index (χ2v) is 4.51. The number of hydrogen-bond donors (Lipinski definition) is 1. The Morgan fingerprint density at radius 1 is 1.39 bits per heavy atom. The fraction of sp³-hybridized carbons (Fsp3) is 0.500. The van der Waals surface area contributed by atoms with Gasteiger partial charge in [0.05, 0.1) is 17.4 Å². The predicted octanol–water partition coefficient (Wildman–Crippen LogP) is 2.05. The van der Waals surface area contributed by atoms with Crippen LogP contribution in [0.4, 0.5) is 0 Å². The van der Waals surface area contributed by atoms with Crippen LogP contribution < -0.4 is 5.32 Å². The van der Waals surface area contributed by atoms with Gasteiger partial charge in [0.2, 0.25) is 0 Å².